The van der Waals surface area contributed by atoms with Crippen LogP contribution < -0.4 is 4.74 Å². The number of allylic oxidation sites excluding steroid dienone is 1. The number of fused-ring (bicyclic) bond motifs is 1. The summed E-state index contributed by atoms with van der Waals surface area (Å²) in [6.45, 7) is 13.0. The monoisotopic (exact) mass is 502 g/mol. The fourth-order valence-corrected chi connectivity index (χ4v) is 5.73. The molecule has 1 aliphatic rings. The second kappa shape index (κ2) is 15.2. The first kappa shape index (κ1) is 29.2. The van der Waals surface area contributed by atoms with Gasteiger partial charge in [-0.2, -0.15) is 0 Å². The van der Waals surface area contributed by atoms with Crippen molar-refractivity contribution >= 4 is 11.5 Å². The first-order valence-electron chi connectivity index (χ1n) is 15.0. The maximum Gasteiger partial charge on any atom is 0.323 e. The van der Waals surface area contributed by atoms with Gasteiger partial charge in [0.25, 0.3) is 0 Å². The fraction of sp³-hybridized carbons (Fsp3) is 0.571. The third-order valence-corrected chi connectivity index (χ3v) is 8.18. The highest BCUT2D eigenvalue weighted by atomic mass is 16.5. The van der Waals surface area contributed by atoms with Gasteiger partial charge in [-0.05, 0) is 67.5 Å². The highest BCUT2D eigenvalue weighted by molar-refractivity contribution is 5.92. The number of unbranched alkanes of at least 4 members (excludes halogenated alkanes) is 13. The lowest BCUT2D eigenvalue weighted by atomic mass is 9.85. The molecular formula is C35H50O2. The highest BCUT2D eigenvalue weighted by Crippen LogP contribution is 2.45. The van der Waals surface area contributed by atoms with Crippen LogP contribution in [0.3, 0.4) is 0 Å². The van der Waals surface area contributed by atoms with E-state index >= 15 is 0 Å². The van der Waals surface area contributed by atoms with Gasteiger partial charge in [0, 0.05) is 11.1 Å². The Labute approximate surface area is 226 Å². The molecule has 0 aromatic heterocycles. The van der Waals surface area contributed by atoms with Crippen LogP contribution in [0.15, 0.2) is 36.9 Å². The number of carbonyl (C=O) groups is 1. The zero-order chi connectivity index (χ0) is 26.6. The average Bonchev–Trinajstić information content (AvgIpc) is 3.20. The molecule has 0 fully saturated rings. The third-order valence-electron chi connectivity index (χ3n) is 8.18. The second-order valence-corrected chi connectivity index (χ2v) is 11.3. The summed E-state index contributed by atoms with van der Waals surface area (Å²) in [6, 6.07) is 10.5. The number of benzene rings is 2. The lowest BCUT2D eigenvalue weighted by molar-refractivity contribution is -0.133. The first-order chi connectivity index (χ1) is 17.9. The predicted octanol–water partition coefficient (Wildman–Crippen LogP) is 10.5. The van der Waals surface area contributed by atoms with Crippen molar-refractivity contribution < 1.29 is 9.53 Å². The largest absolute Gasteiger partial charge is 0.425 e. The molecule has 0 saturated carbocycles. The molecule has 0 radical (unpaired) electrons. The Balaban J connectivity index is 1.42. The van der Waals surface area contributed by atoms with Gasteiger partial charge < -0.3 is 4.74 Å². The van der Waals surface area contributed by atoms with E-state index in [1.54, 1.807) is 0 Å². The number of ether oxygens (including phenoxy) is 1. The van der Waals surface area contributed by atoms with E-state index in [1.807, 2.05) is 6.07 Å². The van der Waals surface area contributed by atoms with Gasteiger partial charge in [0.15, 0.2) is 0 Å². The third kappa shape index (κ3) is 8.32. The van der Waals surface area contributed by atoms with E-state index in [4.69, 9.17) is 4.74 Å². The van der Waals surface area contributed by atoms with Crippen molar-refractivity contribution in [2.24, 2.45) is 0 Å². The van der Waals surface area contributed by atoms with Crippen molar-refractivity contribution in [3.63, 3.8) is 0 Å². The summed E-state index contributed by atoms with van der Waals surface area (Å²) >= 11 is 0. The van der Waals surface area contributed by atoms with Gasteiger partial charge in [0.05, 0.1) is 0 Å². The standard InChI is InChI=1S/C35H50O2/c1-6-7-8-9-10-11-12-13-14-15-16-17-18-19-21-28(4)31-24-26(2)25-32-33(35(36)37-34(31)32)30-23-20-22-27(3)29(30)5/h20,22-25,33H,4,6-19,21H2,1-3,5H3. The Hall–Kier alpha value is -2.35. The molecule has 2 aromatic carbocycles. The van der Waals surface area contributed by atoms with E-state index in [9.17, 15) is 4.79 Å². The van der Waals surface area contributed by atoms with Crippen LogP contribution in [0.5, 0.6) is 5.75 Å². The van der Waals surface area contributed by atoms with Crippen LogP contribution in [0, 0.1) is 20.8 Å². The summed E-state index contributed by atoms with van der Waals surface area (Å²) in [5.41, 5.74) is 7.69. The van der Waals surface area contributed by atoms with Crippen molar-refractivity contribution in [2.75, 3.05) is 0 Å². The minimum Gasteiger partial charge on any atom is -0.425 e. The molecule has 1 heterocycles. The van der Waals surface area contributed by atoms with Crippen molar-refractivity contribution in [2.45, 2.75) is 130 Å². The van der Waals surface area contributed by atoms with Gasteiger partial charge in [-0.1, -0.05) is 121 Å². The lowest BCUT2D eigenvalue weighted by Crippen LogP contribution is -2.13. The van der Waals surface area contributed by atoms with Crippen LogP contribution in [0.2, 0.25) is 0 Å². The molecule has 0 amide bonds. The van der Waals surface area contributed by atoms with Crippen LogP contribution >= 0.6 is 0 Å². The Kier molecular flexibility index (Phi) is 12.0. The van der Waals surface area contributed by atoms with E-state index in [-0.39, 0.29) is 11.9 Å². The van der Waals surface area contributed by atoms with E-state index in [1.165, 1.54) is 94.6 Å². The number of hydrogen-bond acceptors (Lipinski definition) is 2. The smallest absolute Gasteiger partial charge is 0.323 e. The van der Waals surface area contributed by atoms with E-state index in [0.29, 0.717) is 0 Å². The topological polar surface area (TPSA) is 26.3 Å². The Morgan fingerprint density at radius 1 is 0.784 bits per heavy atom. The van der Waals surface area contributed by atoms with Gasteiger partial charge in [-0.25, -0.2) is 0 Å². The lowest BCUT2D eigenvalue weighted by Gasteiger charge is -2.15. The summed E-state index contributed by atoms with van der Waals surface area (Å²) in [5.74, 6) is 0.221. The zero-order valence-electron chi connectivity index (χ0n) is 24.1. The van der Waals surface area contributed by atoms with Gasteiger partial charge in [0.1, 0.15) is 11.7 Å². The summed E-state index contributed by atoms with van der Waals surface area (Å²) in [6.07, 6.45) is 20.0. The number of carbonyl (C=O) groups excluding carboxylic acids is 1. The van der Waals surface area contributed by atoms with Crippen molar-refractivity contribution in [1.29, 1.82) is 0 Å². The quantitative estimate of drug-likeness (QED) is 0.122. The summed E-state index contributed by atoms with van der Waals surface area (Å²) in [5, 5.41) is 0. The van der Waals surface area contributed by atoms with Crippen LogP contribution in [0.25, 0.3) is 5.57 Å². The molecule has 3 rings (SSSR count). The highest BCUT2D eigenvalue weighted by Gasteiger charge is 2.37. The van der Waals surface area contributed by atoms with Gasteiger partial charge >= 0.3 is 5.97 Å². The maximum absolute atomic E-state index is 13.0. The van der Waals surface area contributed by atoms with Crippen LogP contribution in [0.4, 0.5) is 0 Å². The summed E-state index contributed by atoms with van der Waals surface area (Å²) in [4.78, 5) is 13.0. The molecule has 202 valence electrons. The number of hydrogen-bond donors (Lipinski definition) is 0. The molecule has 1 atom stereocenters. The molecule has 2 aromatic rings. The molecule has 1 aliphatic heterocycles. The summed E-state index contributed by atoms with van der Waals surface area (Å²) in [7, 11) is 0. The maximum atomic E-state index is 13.0. The predicted molar refractivity (Wildman–Crippen MR) is 159 cm³/mol. The Morgan fingerprint density at radius 2 is 1.35 bits per heavy atom. The second-order valence-electron chi connectivity index (χ2n) is 11.3. The van der Waals surface area contributed by atoms with Crippen molar-refractivity contribution in [3.05, 3.63) is 70.3 Å². The molecule has 0 N–H and O–H groups in total. The molecule has 37 heavy (non-hydrogen) atoms. The fourth-order valence-electron chi connectivity index (χ4n) is 5.73. The molecule has 1 unspecified atom stereocenters. The molecule has 0 spiro atoms. The van der Waals surface area contributed by atoms with Crippen molar-refractivity contribution in [1.82, 2.24) is 0 Å². The average molecular weight is 503 g/mol. The van der Waals surface area contributed by atoms with E-state index in [2.05, 4.69) is 58.5 Å². The molecular weight excluding hydrogens is 452 g/mol. The summed E-state index contributed by atoms with van der Waals surface area (Å²) < 4.78 is 5.90. The molecule has 2 heteroatoms. The first-order valence-corrected chi connectivity index (χ1v) is 15.0. The number of rotatable bonds is 17. The van der Waals surface area contributed by atoms with Gasteiger partial charge in [0.2, 0.25) is 0 Å². The minimum atomic E-state index is -0.345. The van der Waals surface area contributed by atoms with Gasteiger partial charge in [-0.15, -0.1) is 0 Å². The molecule has 2 nitrogen and oxygen atoms in total. The minimum absolute atomic E-state index is 0.167. The number of aryl methyl sites for hydroxylation is 2. The van der Waals surface area contributed by atoms with E-state index in [0.717, 1.165) is 46.4 Å². The molecule has 0 aliphatic carbocycles. The Morgan fingerprint density at radius 3 is 1.95 bits per heavy atom. The number of esters is 1. The van der Waals surface area contributed by atoms with Crippen LogP contribution in [-0.2, 0) is 4.79 Å². The van der Waals surface area contributed by atoms with Crippen molar-refractivity contribution in [3.8, 4) is 5.75 Å². The van der Waals surface area contributed by atoms with Gasteiger partial charge in [-0.3, -0.25) is 4.79 Å². The Bertz CT molecular complexity index is 1030. The normalized spacial score (nSPS) is 14.6. The zero-order valence-corrected chi connectivity index (χ0v) is 24.1. The molecule has 0 bridgehead atoms. The van der Waals surface area contributed by atoms with E-state index < -0.39 is 0 Å². The van der Waals surface area contributed by atoms with Crippen LogP contribution in [0.1, 0.15) is 143 Å². The molecule has 0 saturated heterocycles. The SMILES string of the molecule is C=C(CCCCCCCCCCCCCCCC)c1cc(C)cc2c1OC(=O)C2c1cccc(C)c1C. The van der Waals surface area contributed by atoms with Crippen LogP contribution in [-0.4, -0.2) is 5.97 Å².